The van der Waals surface area contributed by atoms with Crippen LogP contribution in [0.4, 0.5) is 0 Å². The number of amides is 2. The Labute approximate surface area is 99.2 Å². The maximum atomic E-state index is 11.5. The topological polar surface area (TPSA) is 93.9 Å². The second kappa shape index (κ2) is 5.44. The largest absolute Gasteiger partial charge is 0.370 e. The summed E-state index contributed by atoms with van der Waals surface area (Å²) in [6.45, 7) is 1.81. The minimum absolute atomic E-state index is 0.0217. The summed E-state index contributed by atoms with van der Waals surface area (Å²) in [5.74, 6) is 4.72. The van der Waals surface area contributed by atoms with E-state index in [1.165, 1.54) is 0 Å². The molecule has 0 spiro atoms. The number of hydrazine groups is 1. The van der Waals surface area contributed by atoms with Gasteiger partial charge < -0.3 is 14.4 Å². The minimum Gasteiger partial charge on any atom is -0.370 e. The van der Waals surface area contributed by atoms with Gasteiger partial charge in [0.05, 0.1) is 12.7 Å². The summed E-state index contributed by atoms with van der Waals surface area (Å²) < 4.78 is 10.6. The molecule has 0 aromatic rings. The first-order valence-corrected chi connectivity index (χ1v) is 5.72. The van der Waals surface area contributed by atoms with Gasteiger partial charge >= 0.3 is 0 Å². The molecule has 7 nitrogen and oxygen atoms in total. The smallest absolute Gasteiger partial charge is 0.263 e. The second-order valence-electron chi connectivity index (χ2n) is 4.23. The van der Waals surface area contributed by atoms with Crippen LogP contribution in [0.2, 0.25) is 0 Å². The second-order valence-corrected chi connectivity index (χ2v) is 4.23. The predicted molar refractivity (Wildman–Crippen MR) is 57.6 cm³/mol. The number of nitrogens with two attached hydrogens (primary N) is 1. The van der Waals surface area contributed by atoms with Crippen LogP contribution in [0.3, 0.4) is 0 Å². The number of hydrogen-bond donors (Lipinski definition) is 2. The first kappa shape index (κ1) is 12.3. The van der Waals surface area contributed by atoms with Crippen LogP contribution in [0.25, 0.3) is 0 Å². The SMILES string of the molecule is NNC(=O)C1CCC(CN2CCOCC2=O)O1. The fourth-order valence-electron chi connectivity index (χ4n) is 2.11. The predicted octanol–water partition coefficient (Wildman–Crippen LogP) is -1.62. The number of carbonyl (C=O) groups is 2. The van der Waals surface area contributed by atoms with E-state index in [-0.39, 0.29) is 24.5 Å². The molecule has 3 N–H and O–H groups in total. The van der Waals surface area contributed by atoms with E-state index in [2.05, 4.69) is 5.43 Å². The molecular weight excluding hydrogens is 226 g/mol. The molecule has 0 aromatic carbocycles. The number of ether oxygens (including phenoxy) is 2. The summed E-state index contributed by atoms with van der Waals surface area (Å²) in [5.41, 5.74) is 2.08. The molecule has 17 heavy (non-hydrogen) atoms. The van der Waals surface area contributed by atoms with Crippen molar-refractivity contribution in [2.75, 3.05) is 26.3 Å². The van der Waals surface area contributed by atoms with E-state index < -0.39 is 6.10 Å². The Balaban J connectivity index is 1.81. The third-order valence-electron chi connectivity index (χ3n) is 3.05. The van der Waals surface area contributed by atoms with Crippen LogP contribution in [0.5, 0.6) is 0 Å². The summed E-state index contributed by atoms with van der Waals surface area (Å²) in [6, 6.07) is 0. The van der Waals surface area contributed by atoms with Gasteiger partial charge in [0, 0.05) is 13.1 Å². The van der Waals surface area contributed by atoms with Gasteiger partial charge in [-0.25, -0.2) is 5.84 Å². The lowest BCUT2D eigenvalue weighted by atomic mass is 10.2. The van der Waals surface area contributed by atoms with Gasteiger partial charge in [-0.2, -0.15) is 0 Å². The maximum Gasteiger partial charge on any atom is 0.263 e. The third-order valence-corrected chi connectivity index (χ3v) is 3.05. The Morgan fingerprint density at radius 1 is 1.53 bits per heavy atom. The summed E-state index contributed by atoms with van der Waals surface area (Å²) in [7, 11) is 0. The number of nitrogens with zero attached hydrogens (tertiary/aromatic N) is 1. The number of rotatable bonds is 3. The monoisotopic (exact) mass is 243 g/mol. The van der Waals surface area contributed by atoms with E-state index in [1.807, 2.05) is 0 Å². The number of nitrogens with one attached hydrogen (secondary N) is 1. The molecule has 0 aliphatic carbocycles. The molecule has 0 saturated carbocycles. The van der Waals surface area contributed by atoms with Crippen molar-refractivity contribution in [1.82, 2.24) is 10.3 Å². The average Bonchev–Trinajstić information content (AvgIpc) is 2.80. The summed E-state index contributed by atoms with van der Waals surface area (Å²) in [6.07, 6.45) is 0.843. The molecule has 2 fully saturated rings. The molecule has 2 atom stereocenters. The zero-order valence-corrected chi connectivity index (χ0v) is 9.55. The van der Waals surface area contributed by atoms with Gasteiger partial charge in [0.2, 0.25) is 5.91 Å². The highest BCUT2D eigenvalue weighted by atomic mass is 16.5. The van der Waals surface area contributed by atoms with Gasteiger partial charge in [-0.15, -0.1) is 0 Å². The Hall–Kier alpha value is -1.18. The molecule has 2 rings (SSSR count). The first-order valence-electron chi connectivity index (χ1n) is 5.72. The van der Waals surface area contributed by atoms with E-state index in [9.17, 15) is 9.59 Å². The Kier molecular flexibility index (Phi) is 3.93. The summed E-state index contributed by atoms with van der Waals surface area (Å²) in [5, 5.41) is 0. The zero-order chi connectivity index (χ0) is 12.3. The summed E-state index contributed by atoms with van der Waals surface area (Å²) in [4.78, 5) is 24.5. The lowest BCUT2D eigenvalue weighted by molar-refractivity contribution is -0.145. The van der Waals surface area contributed by atoms with Crippen molar-refractivity contribution >= 4 is 11.8 Å². The van der Waals surface area contributed by atoms with Crippen molar-refractivity contribution in [3.8, 4) is 0 Å². The molecule has 2 unspecified atom stereocenters. The average molecular weight is 243 g/mol. The van der Waals surface area contributed by atoms with Crippen LogP contribution < -0.4 is 11.3 Å². The molecular formula is C10H17N3O4. The minimum atomic E-state index is -0.485. The quantitative estimate of drug-likeness (QED) is 0.353. The van der Waals surface area contributed by atoms with Gasteiger partial charge in [0.15, 0.2) is 0 Å². The highest BCUT2D eigenvalue weighted by Gasteiger charge is 2.32. The number of carbonyl (C=O) groups excluding carboxylic acids is 2. The van der Waals surface area contributed by atoms with E-state index in [0.29, 0.717) is 26.1 Å². The molecule has 2 aliphatic rings. The lowest BCUT2D eigenvalue weighted by Crippen LogP contribution is -2.45. The van der Waals surface area contributed by atoms with Crippen molar-refractivity contribution < 1.29 is 19.1 Å². The molecule has 7 heteroatoms. The molecule has 2 saturated heterocycles. The molecule has 0 aromatic heterocycles. The Morgan fingerprint density at radius 3 is 3.06 bits per heavy atom. The van der Waals surface area contributed by atoms with Crippen LogP contribution in [0.1, 0.15) is 12.8 Å². The van der Waals surface area contributed by atoms with Crippen molar-refractivity contribution in [2.45, 2.75) is 25.0 Å². The molecule has 96 valence electrons. The van der Waals surface area contributed by atoms with Crippen LogP contribution >= 0.6 is 0 Å². The van der Waals surface area contributed by atoms with E-state index in [1.54, 1.807) is 4.90 Å². The summed E-state index contributed by atoms with van der Waals surface area (Å²) >= 11 is 0. The molecule has 0 radical (unpaired) electrons. The van der Waals surface area contributed by atoms with Crippen LogP contribution in [-0.4, -0.2) is 55.2 Å². The van der Waals surface area contributed by atoms with Crippen LogP contribution in [0.15, 0.2) is 0 Å². The number of hydrogen-bond acceptors (Lipinski definition) is 5. The molecule has 2 aliphatic heterocycles. The zero-order valence-electron chi connectivity index (χ0n) is 9.55. The van der Waals surface area contributed by atoms with Crippen molar-refractivity contribution in [3.05, 3.63) is 0 Å². The molecule has 2 heterocycles. The third kappa shape index (κ3) is 2.93. The maximum absolute atomic E-state index is 11.5. The van der Waals surface area contributed by atoms with Gasteiger partial charge in [0.25, 0.3) is 5.91 Å². The van der Waals surface area contributed by atoms with Gasteiger partial charge in [0.1, 0.15) is 12.7 Å². The van der Waals surface area contributed by atoms with Gasteiger partial charge in [-0.3, -0.25) is 15.0 Å². The van der Waals surface area contributed by atoms with Gasteiger partial charge in [-0.05, 0) is 12.8 Å². The fourth-order valence-corrected chi connectivity index (χ4v) is 2.11. The van der Waals surface area contributed by atoms with Crippen LogP contribution in [-0.2, 0) is 19.1 Å². The van der Waals surface area contributed by atoms with Crippen molar-refractivity contribution in [3.63, 3.8) is 0 Å². The Bertz CT molecular complexity index is 310. The molecule has 2 amide bonds. The lowest BCUT2D eigenvalue weighted by Gasteiger charge is -2.29. The standard InChI is InChI=1S/C10H17N3O4/c11-12-10(15)8-2-1-7(17-8)5-13-3-4-16-6-9(13)14/h7-8H,1-6,11H2,(H,12,15). The van der Waals surface area contributed by atoms with Crippen molar-refractivity contribution in [1.29, 1.82) is 0 Å². The highest BCUT2D eigenvalue weighted by Crippen LogP contribution is 2.21. The normalized spacial score (nSPS) is 29.5. The van der Waals surface area contributed by atoms with Crippen LogP contribution in [0, 0.1) is 0 Å². The highest BCUT2D eigenvalue weighted by molar-refractivity contribution is 5.80. The van der Waals surface area contributed by atoms with E-state index >= 15 is 0 Å². The first-order chi connectivity index (χ1) is 8.20. The van der Waals surface area contributed by atoms with Gasteiger partial charge in [-0.1, -0.05) is 0 Å². The van der Waals surface area contributed by atoms with Crippen molar-refractivity contribution in [2.24, 2.45) is 5.84 Å². The van der Waals surface area contributed by atoms with E-state index in [0.717, 1.165) is 6.42 Å². The number of morpholine rings is 1. The molecule has 0 bridgehead atoms. The van der Waals surface area contributed by atoms with E-state index in [4.69, 9.17) is 15.3 Å². The Morgan fingerprint density at radius 2 is 2.35 bits per heavy atom. The fraction of sp³-hybridized carbons (Fsp3) is 0.800.